The summed E-state index contributed by atoms with van der Waals surface area (Å²) in [7, 11) is 0. The number of pyridine rings is 1. The second-order valence-electron chi connectivity index (χ2n) is 8.29. The first kappa shape index (κ1) is 21.6. The molecule has 3 aromatic rings. The van der Waals surface area contributed by atoms with Crippen LogP contribution < -0.4 is 5.32 Å². The summed E-state index contributed by atoms with van der Waals surface area (Å²) in [6, 6.07) is 12.5. The molecule has 0 unspecified atom stereocenters. The van der Waals surface area contributed by atoms with Crippen molar-refractivity contribution in [1.82, 2.24) is 25.1 Å². The molecule has 0 spiro atoms. The van der Waals surface area contributed by atoms with E-state index < -0.39 is 0 Å². The van der Waals surface area contributed by atoms with Gasteiger partial charge in [-0.15, -0.1) is 10.2 Å². The van der Waals surface area contributed by atoms with Gasteiger partial charge in [-0.1, -0.05) is 63.1 Å². The van der Waals surface area contributed by atoms with Gasteiger partial charge in [-0.3, -0.25) is 14.3 Å². The van der Waals surface area contributed by atoms with E-state index in [4.69, 9.17) is 0 Å². The summed E-state index contributed by atoms with van der Waals surface area (Å²) in [5.74, 6) is 1.46. The van der Waals surface area contributed by atoms with Crippen LogP contribution in [0.3, 0.4) is 0 Å². The number of nitrogens with zero attached hydrogens (tertiary/aromatic N) is 4. The molecule has 2 aromatic heterocycles. The van der Waals surface area contributed by atoms with Crippen molar-refractivity contribution < 1.29 is 4.79 Å². The van der Waals surface area contributed by atoms with E-state index >= 15 is 0 Å². The Bertz CT molecular complexity index is 1010. The van der Waals surface area contributed by atoms with Gasteiger partial charge >= 0.3 is 0 Å². The summed E-state index contributed by atoms with van der Waals surface area (Å²) >= 11 is 1.43. The van der Waals surface area contributed by atoms with Gasteiger partial charge in [0, 0.05) is 24.0 Å². The Hall–Kier alpha value is -2.67. The summed E-state index contributed by atoms with van der Waals surface area (Å²) in [6.45, 7) is 4.36. The molecule has 4 rings (SSSR count). The SMILES string of the molecule is CC(C)c1ccccc1-n1c(SCC(=O)NC2CCCCC2)nnc1-c1cccnc1. The number of thioether (sulfide) groups is 1. The highest BCUT2D eigenvalue weighted by atomic mass is 32.2. The smallest absolute Gasteiger partial charge is 0.230 e. The number of amides is 1. The third-order valence-corrected chi connectivity index (χ3v) is 6.58. The minimum atomic E-state index is 0.0616. The fraction of sp³-hybridized carbons (Fsp3) is 0.417. The van der Waals surface area contributed by atoms with Crippen LogP contribution >= 0.6 is 11.8 Å². The van der Waals surface area contributed by atoms with E-state index in [1.165, 1.54) is 36.6 Å². The number of hydrogen-bond donors (Lipinski definition) is 1. The molecule has 2 heterocycles. The summed E-state index contributed by atoms with van der Waals surface area (Å²) in [5, 5.41) is 12.8. The van der Waals surface area contributed by atoms with E-state index in [0.29, 0.717) is 22.9 Å². The van der Waals surface area contributed by atoms with Gasteiger partial charge in [0.2, 0.25) is 5.91 Å². The number of rotatable bonds is 7. The lowest BCUT2D eigenvalue weighted by atomic mass is 9.95. The second-order valence-corrected chi connectivity index (χ2v) is 9.23. The van der Waals surface area contributed by atoms with Crippen molar-refractivity contribution >= 4 is 17.7 Å². The van der Waals surface area contributed by atoms with E-state index in [-0.39, 0.29) is 5.91 Å². The Kier molecular flexibility index (Phi) is 7.02. The van der Waals surface area contributed by atoms with E-state index in [9.17, 15) is 4.79 Å². The van der Waals surface area contributed by atoms with Crippen molar-refractivity contribution in [3.63, 3.8) is 0 Å². The molecule has 7 heteroatoms. The van der Waals surface area contributed by atoms with Crippen LogP contribution in [0.1, 0.15) is 57.4 Å². The zero-order valence-electron chi connectivity index (χ0n) is 18.1. The van der Waals surface area contributed by atoms with Crippen molar-refractivity contribution in [2.75, 3.05) is 5.75 Å². The Balaban J connectivity index is 1.62. The Morgan fingerprint density at radius 3 is 2.68 bits per heavy atom. The number of hydrogen-bond acceptors (Lipinski definition) is 5. The van der Waals surface area contributed by atoms with Crippen molar-refractivity contribution in [3.8, 4) is 17.1 Å². The monoisotopic (exact) mass is 435 g/mol. The fourth-order valence-corrected chi connectivity index (χ4v) is 4.84. The quantitative estimate of drug-likeness (QED) is 0.529. The van der Waals surface area contributed by atoms with E-state index in [0.717, 1.165) is 29.9 Å². The fourth-order valence-electron chi connectivity index (χ4n) is 4.09. The van der Waals surface area contributed by atoms with Crippen LogP contribution in [0.2, 0.25) is 0 Å². The molecule has 1 fully saturated rings. The van der Waals surface area contributed by atoms with Gasteiger partial charge in [0.15, 0.2) is 11.0 Å². The van der Waals surface area contributed by atoms with Crippen molar-refractivity contribution in [3.05, 3.63) is 54.4 Å². The maximum Gasteiger partial charge on any atom is 0.230 e. The molecule has 1 saturated carbocycles. The Morgan fingerprint density at radius 1 is 1.13 bits per heavy atom. The molecule has 0 saturated heterocycles. The lowest BCUT2D eigenvalue weighted by molar-refractivity contribution is -0.119. The van der Waals surface area contributed by atoms with Crippen molar-refractivity contribution in [1.29, 1.82) is 0 Å². The highest BCUT2D eigenvalue weighted by Gasteiger charge is 2.21. The average Bonchev–Trinajstić information content (AvgIpc) is 3.23. The predicted octanol–water partition coefficient (Wildman–Crippen LogP) is 4.99. The molecule has 1 N–H and O–H groups in total. The topological polar surface area (TPSA) is 72.7 Å². The molecule has 31 heavy (non-hydrogen) atoms. The molecule has 1 aliphatic rings. The first-order chi connectivity index (χ1) is 15.1. The summed E-state index contributed by atoms with van der Waals surface area (Å²) < 4.78 is 2.06. The average molecular weight is 436 g/mol. The zero-order valence-corrected chi connectivity index (χ0v) is 18.9. The van der Waals surface area contributed by atoms with Crippen LogP contribution in [0.5, 0.6) is 0 Å². The molecule has 1 amide bonds. The van der Waals surface area contributed by atoms with Crippen molar-refractivity contribution in [2.24, 2.45) is 0 Å². The minimum Gasteiger partial charge on any atom is -0.353 e. The van der Waals surface area contributed by atoms with Crippen LogP contribution in [-0.4, -0.2) is 37.5 Å². The van der Waals surface area contributed by atoms with Gasteiger partial charge in [-0.05, 0) is 42.5 Å². The Labute approximate surface area is 187 Å². The van der Waals surface area contributed by atoms with Gasteiger partial charge in [-0.25, -0.2) is 0 Å². The zero-order chi connectivity index (χ0) is 21.6. The summed E-state index contributed by atoms with van der Waals surface area (Å²) in [4.78, 5) is 16.8. The van der Waals surface area contributed by atoms with E-state index in [1.807, 2.05) is 18.2 Å². The van der Waals surface area contributed by atoms with Gasteiger partial charge in [-0.2, -0.15) is 0 Å². The van der Waals surface area contributed by atoms with E-state index in [2.05, 4.69) is 57.1 Å². The van der Waals surface area contributed by atoms with Gasteiger partial charge in [0.1, 0.15) is 0 Å². The van der Waals surface area contributed by atoms with Crippen LogP contribution in [-0.2, 0) is 4.79 Å². The summed E-state index contributed by atoms with van der Waals surface area (Å²) in [5.41, 5.74) is 3.14. The van der Waals surface area contributed by atoms with Crippen LogP contribution in [0.15, 0.2) is 53.9 Å². The molecule has 0 aliphatic heterocycles. The number of carbonyl (C=O) groups excluding carboxylic acids is 1. The molecule has 6 nitrogen and oxygen atoms in total. The lowest BCUT2D eigenvalue weighted by Crippen LogP contribution is -2.37. The number of nitrogens with one attached hydrogen (secondary N) is 1. The van der Waals surface area contributed by atoms with Crippen molar-refractivity contribution in [2.45, 2.75) is 63.1 Å². The first-order valence-corrected chi connectivity index (χ1v) is 12.0. The van der Waals surface area contributed by atoms with Gasteiger partial charge in [0.25, 0.3) is 0 Å². The molecule has 1 aliphatic carbocycles. The lowest BCUT2D eigenvalue weighted by Gasteiger charge is -2.22. The highest BCUT2D eigenvalue weighted by Crippen LogP contribution is 2.32. The van der Waals surface area contributed by atoms with Gasteiger partial charge in [0.05, 0.1) is 11.4 Å². The molecule has 0 radical (unpaired) electrons. The maximum atomic E-state index is 12.6. The third kappa shape index (κ3) is 5.15. The molecule has 162 valence electrons. The van der Waals surface area contributed by atoms with Crippen LogP contribution in [0, 0.1) is 0 Å². The van der Waals surface area contributed by atoms with Crippen LogP contribution in [0.4, 0.5) is 0 Å². The molecule has 0 atom stereocenters. The largest absolute Gasteiger partial charge is 0.353 e. The number of aromatic nitrogens is 4. The van der Waals surface area contributed by atoms with Gasteiger partial charge < -0.3 is 5.32 Å². The normalized spacial score (nSPS) is 14.7. The molecule has 1 aromatic carbocycles. The number of benzene rings is 1. The second kappa shape index (κ2) is 10.1. The molecule has 0 bridgehead atoms. The van der Waals surface area contributed by atoms with E-state index in [1.54, 1.807) is 12.4 Å². The standard InChI is InChI=1S/C24H29N5OS/c1-17(2)20-12-6-7-13-21(20)29-23(18-9-8-14-25-15-18)27-28-24(29)31-16-22(30)26-19-10-4-3-5-11-19/h6-9,12-15,17,19H,3-5,10-11,16H2,1-2H3,(H,26,30). The minimum absolute atomic E-state index is 0.0616. The van der Waals surface area contributed by atoms with Crippen LogP contribution in [0.25, 0.3) is 17.1 Å². The Morgan fingerprint density at radius 2 is 1.94 bits per heavy atom. The number of carbonyl (C=O) groups is 1. The molecular weight excluding hydrogens is 406 g/mol. The highest BCUT2D eigenvalue weighted by molar-refractivity contribution is 7.99. The maximum absolute atomic E-state index is 12.6. The molecular formula is C24H29N5OS. The first-order valence-electron chi connectivity index (χ1n) is 11.0. The number of para-hydroxylation sites is 1. The summed E-state index contributed by atoms with van der Waals surface area (Å²) in [6.07, 6.45) is 9.38. The third-order valence-electron chi connectivity index (χ3n) is 5.66. The predicted molar refractivity (Wildman–Crippen MR) is 124 cm³/mol.